The Balaban J connectivity index is 1.68. The summed E-state index contributed by atoms with van der Waals surface area (Å²) in [5, 5.41) is 3.57. The quantitative estimate of drug-likeness (QED) is 0.275. The predicted octanol–water partition coefficient (Wildman–Crippen LogP) is 5.76. The molecule has 0 saturated carbocycles. The molecule has 0 bridgehead atoms. The van der Waals surface area contributed by atoms with Gasteiger partial charge in [0.05, 0.1) is 10.6 Å². The van der Waals surface area contributed by atoms with Crippen LogP contribution in [0.15, 0.2) is 76.5 Å². The number of carbonyl (C=O) groups is 1. The minimum Gasteiger partial charge on any atom is -0.354 e. The zero-order valence-electron chi connectivity index (χ0n) is 19.5. The number of aryl methyl sites for hydroxylation is 3. The monoisotopic (exact) mass is 516 g/mol. The molecule has 3 rings (SSSR count). The standard InChI is InChI=1S/C26H29ClN2O3S2/c1-19-6-13-24(14-7-19)34(31,32)29(25-17-20(2)5-8-21(25)3)18-26(30)28-15-4-16-33-23-11-9-22(27)10-12-23/h5-14,17H,4,15-16,18H2,1-3H3,(H,28,30). The minimum atomic E-state index is -3.92. The van der Waals surface area contributed by atoms with E-state index in [1.807, 2.05) is 57.2 Å². The zero-order valence-corrected chi connectivity index (χ0v) is 21.9. The van der Waals surface area contributed by atoms with Crippen LogP contribution in [-0.2, 0) is 14.8 Å². The van der Waals surface area contributed by atoms with Crippen molar-refractivity contribution in [2.45, 2.75) is 37.0 Å². The highest BCUT2D eigenvalue weighted by Gasteiger charge is 2.28. The highest BCUT2D eigenvalue weighted by atomic mass is 35.5. The van der Waals surface area contributed by atoms with E-state index in [9.17, 15) is 13.2 Å². The van der Waals surface area contributed by atoms with E-state index in [2.05, 4.69) is 5.32 Å². The van der Waals surface area contributed by atoms with Gasteiger partial charge in [-0.3, -0.25) is 9.10 Å². The van der Waals surface area contributed by atoms with E-state index in [4.69, 9.17) is 11.6 Å². The second-order valence-electron chi connectivity index (χ2n) is 8.12. The molecule has 0 aliphatic rings. The molecule has 0 unspecified atom stereocenters. The average molecular weight is 517 g/mol. The number of benzene rings is 3. The predicted molar refractivity (Wildman–Crippen MR) is 141 cm³/mol. The number of hydrogen-bond acceptors (Lipinski definition) is 4. The average Bonchev–Trinajstić information content (AvgIpc) is 2.80. The number of anilines is 1. The molecule has 3 aromatic rings. The topological polar surface area (TPSA) is 66.5 Å². The van der Waals surface area contributed by atoms with Crippen molar-refractivity contribution in [3.8, 4) is 0 Å². The van der Waals surface area contributed by atoms with E-state index in [1.54, 1.807) is 42.1 Å². The molecule has 8 heteroatoms. The van der Waals surface area contributed by atoms with Crippen LogP contribution < -0.4 is 9.62 Å². The van der Waals surface area contributed by atoms with Crippen molar-refractivity contribution in [3.63, 3.8) is 0 Å². The molecule has 5 nitrogen and oxygen atoms in total. The zero-order chi connectivity index (χ0) is 24.7. The number of amides is 1. The van der Waals surface area contributed by atoms with Crippen LogP contribution in [0.4, 0.5) is 5.69 Å². The minimum absolute atomic E-state index is 0.158. The maximum atomic E-state index is 13.5. The summed E-state index contributed by atoms with van der Waals surface area (Å²) in [6.45, 7) is 5.82. The number of carbonyl (C=O) groups excluding carboxylic acids is 1. The number of thioether (sulfide) groups is 1. The summed E-state index contributed by atoms with van der Waals surface area (Å²) >= 11 is 7.59. The molecule has 0 aliphatic carbocycles. The van der Waals surface area contributed by atoms with Crippen LogP contribution in [0.2, 0.25) is 5.02 Å². The second kappa shape index (κ2) is 11.8. The Bertz CT molecular complexity index is 1230. The van der Waals surface area contributed by atoms with Crippen LogP contribution in [-0.4, -0.2) is 33.2 Å². The molecular weight excluding hydrogens is 488 g/mol. The van der Waals surface area contributed by atoms with Gasteiger partial charge < -0.3 is 5.32 Å². The van der Waals surface area contributed by atoms with Crippen LogP contribution in [0.1, 0.15) is 23.1 Å². The van der Waals surface area contributed by atoms with Crippen LogP contribution >= 0.6 is 23.4 Å². The van der Waals surface area contributed by atoms with Gasteiger partial charge in [0.15, 0.2) is 0 Å². The first-order chi connectivity index (χ1) is 16.2. The van der Waals surface area contributed by atoms with E-state index in [0.717, 1.165) is 33.8 Å². The number of hydrogen-bond donors (Lipinski definition) is 1. The number of nitrogens with one attached hydrogen (secondary N) is 1. The van der Waals surface area contributed by atoms with E-state index >= 15 is 0 Å². The molecule has 0 saturated heterocycles. The van der Waals surface area contributed by atoms with Crippen molar-refractivity contribution in [3.05, 3.63) is 88.4 Å². The summed E-state index contributed by atoms with van der Waals surface area (Å²) in [5.41, 5.74) is 3.18. The third kappa shape index (κ3) is 7.01. The van der Waals surface area contributed by atoms with E-state index < -0.39 is 10.0 Å². The van der Waals surface area contributed by atoms with Gasteiger partial charge in [0.2, 0.25) is 5.91 Å². The van der Waals surface area contributed by atoms with E-state index in [1.165, 1.54) is 4.31 Å². The summed E-state index contributed by atoms with van der Waals surface area (Å²) in [5.74, 6) is 0.484. The molecule has 3 aromatic carbocycles. The van der Waals surface area contributed by atoms with Crippen LogP contribution in [0, 0.1) is 20.8 Å². The summed E-state index contributed by atoms with van der Waals surface area (Å²) in [7, 11) is -3.92. The van der Waals surface area contributed by atoms with Crippen molar-refractivity contribution >= 4 is 45.0 Å². The van der Waals surface area contributed by atoms with Gasteiger partial charge in [-0.25, -0.2) is 8.42 Å². The van der Waals surface area contributed by atoms with E-state index in [0.29, 0.717) is 17.3 Å². The van der Waals surface area contributed by atoms with Gasteiger partial charge >= 0.3 is 0 Å². The summed E-state index contributed by atoms with van der Waals surface area (Å²) in [4.78, 5) is 14.1. The van der Waals surface area contributed by atoms with Crippen molar-refractivity contribution in [1.29, 1.82) is 0 Å². The Hall–Kier alpha value is -2.48. The number of nitrogens with zero attached hydrogens (tertiary/aromatic N) is 1. The lowest BCUT2D eigenvalue weighted by Gasteiger charge is -2.26. The number of sulfonamides is 1. The molecule has 0 aromatic heterocycles. The molecule has 0 atom stereocenters. The molecule has 0 spiro atoms. The Kier molecular flexibility index (Phi) is 9.05. The smallest absolute Gasteiger partial charge is 0.264 e. The van der Waals surface area contributed by atoms with Gasteiger partial charge in [0, 0.05) is 16.5 Å². The van der Waals surface area contributed by atoms with Gasteiger partial charge in [-0.15, -0.1) is 11.8 Å². The van der Waals surface area contributed by atoms with Crippen molar-refractivity contribution in [1.82, 2.24) is 5.32 Å². The van der Waals surface area contributed by atoms with Crippen LogP contribution in [0.3, 0.4) is 0 Å². The van der Waals surface area contributed by atoms with Gasteiger partial charge in [0.1, 0.15) is 6.54 Å². The first-order valence-corrected chi connectivity index (χ1v) is 13.8. The molecule has 0 fully saturated rings. The van der Waals surface area contributed by atoms with Crippen molar-refractivity contribution < 1.29 is 13.2 Å². The number of halogens is 1. The number of rotatable bonds is 10. The third-order valence-corrected chi connectivity index (χ3v) is 8.38. The van der Waals surface area contributed by atoms with Gasteiger partial charge in [-0.05, 0) is 86.5 Å². The fourth-order valence-corrected chi connectivity index (χ4v) is 5.79. The third-order valence-electron chi connectivity index (χ3n) is 5.26. The van der Waals surface area contributed by atoms with Crippen molar-refractivity contribution in [2.24, 2.45) is 0 Å². The SMILES string of the molecule is Cc1ccc(S(=O)(=O)N(CC(=O)NCCCSc2ccc(Cl)cc2)c2cc(C)ccc2C)cc1. The Morgan fingerprint density at radius 1 is 0.941 bits per heavy atom. The molecule has 1 N–H and O–H groups in total. The van der Waals surface area contributed by atoms with Crippen molar-refractivity contribution in [2.75, 3.05) is 23.1 Å². The molecule has 34 heavy (non-hydrogen) atoms. The Labute approximate surface area is 211 Å². The largest absolute Gasteiger partial charge is 0.354 e. The second-order valence-corrected chi connectivity index (χ2v) is 11.6. The lowest BCUT2D eigenvalue weighted by Crippen LogP contribution is -2.41. The first kappa shape index (κ1) is 26.1. The van der Waals surface area contributed by atoms with Crippen LogP contribution in [0.5, 0.6) is 0 Å². The highest BCUT2D eigenvalue weighted by Crippen LogP contribution is 2.28. The maximum absolute atomic E-state index is 13.5. The Morgan fingerprint density at radius 3 is 2.26 bits per heavy atom. The van der Waals surface area contributed by atoms with Gasteiger partial charge in [-0.1, -0.05) is 41.4 Å². The molecule has 0 heterocycles. The van der Waals surface area contributed by atoms with Gasteiger partial charge in [-0.2, -0.15) is 0 Å². The van der Waals surface area contributed by atoms with E-state index in [-0.39, 0.29) is 17.3 Å². The molecule has 0 aliphatic heterocycles. The lowest BCUT2D eigenvalue weighted by atomic mass is 10.1. The van der Waals surface area contributed by atoms with Crippen LogP contribution in [0.25, 0.3) is 0 Å². The highest BCUT2D eigenvalue weighted by molar-refractivity contribution is 7.99. The molecule has 1 amide bonds. The maximum Gasteiger partial charge on any atom is 0.264 e. The summed E-state index contributed by atoms with van der Waals surface area (Å²) < 4.78 is 28.3. The first-order valence-electron chi connectivity index (χ1n) is 11.0. The fraction of sp³-hybridized carbons (Fsp3) is 0.269. The molecular formula is C26H29ClN2O3S2. The van der Waals surface area contributed by atoms with Gasteiger partial charge in [0.25, 0.3) is 10.0 Å². The fourth-order valence-electron chi connectivity index (χ4n) is 3.33. The normalized spacial score (nSPS) is 11.3. The summed E-state index contributed by atoms with van der Waals surface area (Å²) in [6, 6.07) is 19.9. The Morgan fingerprint density at radius 2 is 1.59 bits per heavy atom. The summed E-state index contributed by atoms with van der Waals surface area (Å²) in [6.07, 6.45) is 0.757. The molecule has 0 radical (unpaired) electrons. The molecule has 180 valence electrons. The lowest BCUT2D eigenvalue weighted by molar-refractivity contribution is -0.119.